The Morgan fingerprint density at radius 2 is 1.67 bits per heavy atom. The second kappa shape index (κ2) is 14.0. The molecular weight excluding hydrogens is 547 g/mol. The normalized spacial score (nSPS) is 21.9. The number of benzene rings is 2. The molecule has 43 heavy (non-hydrogen) atoms. The van der Waals surface area contributed by atoms with Crippen molar-refractivity contribution in [2.75, 3.05) is 19.6 Å². The molecule has 9 heteroatoms. The van der Waals surface area contributed by atoms with Gasteiger partial charge < -0.3 is 20.6 Å². The number of piperidine rings is 1. The van der Waals surface area contributed by atoms with Gasteiger partial charge in [-0.15, -0.1) is 0 Å². The van der Waals surface area contributed by atoms with Crippen molar-refractivity contribution in [1.82, 2.24) is 20.4 Å². The van der Waals surface area contributed by atoms with E-state index in [1.807, 2.05) is 17.0 Å². The van der Waals surface area contributed by atoms with Crippen LogP contribution in [-0.2, 0) is 22.7 Å². The summed E-state index contributed by atoms with van der Waals surface area (Å²) < 4.78 is 13.1. The Bertz CT molecular complexity index is 1250. The maximum absolute atomic E-state index is 13.8. The van der Waals surface area contributed by atoms with E-state index >= 15 is 0 Å². The third-order valence-electron chi connectivity index (χ3n) is 9.64. The van der Waals surface area contributed by atoms with Gasteiger partial charge in [-0.1, -0.05) is 56.9 Å². The molecule has 232 valence electrons. The molecule has 0 bridgehead atoms. The first kappa shape index (κ1) is 31.1. The van der Waals surface area contributed by atoms with Gasteiger partial charge in [0.1, 0.15) is 17.4 Å². The Balaban J connectivity index is 1.18. The summed E-state index contributed by atoms with van der Waals surface area (Å²) in [5.41, 5.74) is 1.57. The molecule has 0 aromatic heterocycles. The summed E-state index contributed by atoms with van der Waals surface area (Å²) in [6, 6.07) is 12.7. The average molecular weight is 593 g/mol. The number of nitrogens with one attached hydrogen (secondary N) is 2. The van der Waals surface area contributed by atoms with Crippen LogP contribution >= 0.6 is 0 Å². The van der Waals surface area contributed by atoms with Crippen LogP contribution in [-0.4, -0.2) is 69.9 Å². The number of carbonyl (C=O) groups excluding carboxylic acids is 3. The predicted molar refractivity (Wildman–Crippen MR) is 162 cm³/mol. The van der Waals surface area contributed by atoms with Gasteiger partial charge in [0.25, 0.3) is 5.91 Å². The lowest BCUT2D eigenvalue weighted by molar-refractivity contribution is -0.166. The molecule has 1 saturated carbocycles. The maximum Gasteiger partial charge on any atom is 0.251 e. The summed E-state index contributed by atoms with van der Waals surface area (Å²) >= 11 is 0. The number of carbonyl (C=O) groups is 3. The second-order valence-corrected chi connectivity index (χ2v) is 12.5. The van der Waals surface area contributed by atoms with Gasteiger partial charge >= 0.3 is 0 Å². The van der Waals surface area contributed by atoms with Crippen LogP contribution in [0.4, 0.5) is 4.39 Å². The molecule has 3 fully saturated rings. The van der Waals surface area contributed by atoms with Gasteiger partial charge in [-0.05, 0) is 73.4 Å². The van der Waals surface area contributed by atoms with Gasteiger partial charge in [-0.2, -0.15) is 0 Å². The Morgan fingerprint density at radius 1 is 1.02 bits per heavy atom. The number of unbranched alkanes of at least 4 members (excludes halogenated alkanes) is 1. The zero-order valence-electron chi connectivity index (χ0n) is 25.2. The Labute approximate surface area is 254 Å². The zero-order chi connectivity index (χ0) is 30.4. The smallest absolute Gasteiger partial charge is 0.251 e. The summed E-state index contributed by atoms with van der Waals surface area (Å²) in [7, 11) is 0. The molecule has 3 amide bonds. The van der Waals surface area contributed by atoms with Gasteiger partial charge in [0.2, 0.25) is 11.8 Å². The number of hydrogen-bond acceptors (Lipinski definition) is 5. The quantitative estimate of drug-likeness (QED) is 0.385. The summed E-state index contributed by atoms with van der Waals surface area (Å²) in [4.78, 5) is 44.2. The monoisotopic (exact) mass is 592 g/mol. The van der Waals surface area contributed by atoms with Crippen LogP contribution in [0.2, 0.25) is 0 Å². The molecule has 3 aliphatic rings. The molecular formula is C34H45FN4O4. The van der Waals surface area contributed by atoms with Crippen molar-refractivity contribution in [3.63, 3.8) is 0 Å². The third kappa shape index (κ3) is 7.10. The fourth-order valence-electron chi connectivity index (χ4n) is 6.94. The van der Waals surface area contributed by atoms with E-state index in [0.29, 0.717) is 51.1 Å². The van der Waals surface area contributed by atoms with E-state index in [4.69, 9.17) is 0 Å². The van der Waals surface area contributed by atoms with Crippen molar-refractivity contribution < 1.29 is 23.9 Å². The Hall–Kier alpha value is -3.30. The number of aliphatic hydroxyl groups excluding tert-OH is 1. The zero-order valence-corrected chi connectivity index (χ0v) is 25.2. The maximum atomic E-state index is 13.8. The number of aliphatic hydroxyl groups is 1. The Morgan fingerprint density at radius 3 is 2.33 bits per heavy atom. The van der Waals surface area contributed by atoms with Crippen molar-refractivity contribution in [2.24, 2.45) is 5.92 Å². The van der Waals surface area contributed by atoms with Crippen LogP contribution in [0.25, 0.3) is 0 Å². The average Bonchev–Trinajstić information content (AvgIpc) is 3.04. The van der Waals surface area contributed by atoms with Crippen molar-refractivity contribution in [2.45, 2.75) is 95.5 Å². The number of nitrogens with zero attached hydrogens (tertiary/aromatic N) is 2. The minimum Gasteiger partial charge on any atom is -0.390 e. The molecule has 0 unspecified atom stereocenters. The van der Waals surface area contributed by atoms with Gasteiger partial charge in [0.05, 0.1) is 6.10 Å². The lowest BCUT2D eigenvalue weighted by Gasteiger charge is -2.52. The van der Waals surface area contributed by atoms with E-state index in [1.54, 1.807) is 24.3 Å². The molecule has 2 heterocycles. The molecule has 8 nitrogen and oxygen atoms in total. The minimum absolute atomic E-state index is 0.0548. The molecule has 2 aromatic carbocycles. The van der Waals surface area contributed by atoms with Crippen LogP contribution in [0.3, 0.4) is 0 Å². The van der Waals surface area contributed by atoms with Gasteiger partial charge in [0, 0.05) is 38.3 Å². The van der Waals surface area contributed by atoms with Gasteiger partial charge in [-0.3, -0.25) is 19.3 Å². The standard InChI is InChI=1S/C34H45FN4O4/c1-2-3-19-39-32(42)29(30(40)26-7-5-4-6-8-26)37-33(43)34(39)17-20-38(21-18-34)23-25-9-13-27(14-10-25)31(41)36-22-24-11-15-28(35)16-12-24/h9-16,26,29-30,40H,2-8,17-23H2,1H3,(H,36,41)(H,37,43)/t29-,30-/m1/s1. The van der Waals surface area contributed by atoms with E-state index < -0.39 is 17.7 Å². The third-order valence-corrected chi connectivity index (χ3v) is 9.64. The fraction of sp³-hybridized carbons (Fsp3) is 0.559. The van der Waals surface area contributed by atoms with Crippen LogP contribution < -0.4 is 10.6 Å². The van der Waals surface area contributed by atoms with E-state index in [9.17, 15) is 23.9 Å². The molecule has 0 radical (unpaired) electrons. The number of halogens is 1. The first-order valence-corrected chi connectivity index (χ1v) is 15.9. The van der Waals surface area contributed by atoms with Gasteiger partial charge in [0.15, 0.2) is 0 Å². The number of rotatable bonds is 10. The number of hydrogen-bond donors (Lipinski definition) is 3. The minimum atomic E-state index is -0.877. The second-order valence-electron chi connectivity index (χ2n) is 12.5. The largest absolute Gasteiger partial charge is 0.390 e. The first-order valence-electron chi connectivity index (χ1n) is 15.9. The molecule has 2 atom stereocenters. The molecule has 5 rings (SSSR count). The fourth-order valence-corrected chi connectivity index (χ4v) is 6.94. The lowest BCUT2D eigenvalue weighted by atomic mass is 9.78. The van der Waals surface area contributed by atoms with E-state index in [0.717, 1.165) is 56.1 Å². The van der Waals surface area contributed by atoms with Crippen LogP contribution in [0, 0.1) is 11.7 Å². The summed E-state index contributed by atoms with van der Waals surface area (Å²) in [6.07, 6.45) is 7.07. The molecule has 1 aliphatic carbocycles. The van der Waals surface area contributed by atoms with E-state index in [2.05, 4.69) is 22.5 Å². The lowest BCUT2D eigenvalue weighted by Crippen LogP contribution is -2.75. The highest BCUT2D eigenvalue weighted by molar-refractivity contribution is 6.00. The Kier molecular flexibility index (Phi) is 10.1. The number of amides is 3. The van der Waals surface area contributed by atoms with Crippen LogP contribution in [0.15, 0.2) is 48.5 Å². The molecule has 2 saturated heterocycles. The first-order chi connectivity index (χ1) is 20.8. The molecule has 2 aromatic rings. The summed E-state index contributed by atoms with van der Waals surface area (Å²) in [6.45, 7) is 4.95. The van der Waals surface area contributed by atoms with E-state index in [-0.39, 0.29) is 29.5 Å². The van der Waals surface area contributed by atoms with Crippen molar-refractivity contribution in [3.05, 3.63) is 71.0 Å². The van der Waals surface area contributed by atoms with E-state index in [1.165, 1.54) is 12.1 Å². The van der Waals surface area contributed by atoms with Gasteiger partial charge in [-0.25, -0.2) is 4.39 Å². The molecule has 3 N–H and O–H groups in total. The topological polar surface area (TPSA) is 102 Å². The summed E-state index contributed by atoms with van der Waals surface area (Å²) in [5, 5.41) is 17.0. The van der Waals surface area contributed by atoms with Crippen molar-refractivity contribution in [1.29, 1.82) is 0 Å². The van der Waals surface area contributed by atoms with Crippen LogP contribution in [0.1, 0.15) is 86.2 Å². The highest BCUT2D eigenvalue weighted by Crippen LogP contribution is 2.36. The van der Waals surface area contributed by atoms with Crippen molar-refractivity contribution in [3.8, 4) is 0 Å². The predicted octanol–water partition coefficient (Wildman–Crippen LogP) is 4.16. The highest BCUT2D eigenvalue weighted by Gasteiger charge is 2.55. The molecule has 2 aliphatic heterocycles. The summed E-state index contributed by atoms with van der Waals surface area (Å²) in [5.74, 6) is -0.703. The molecule has 1 spiro atoms. The number of piperazine rings is 1. The van der Waals surface area contributed by atoms with Crippen molar-refractivity contribution >= 4 is 17.7 Å². The van der Waals surface area contributed by atoms with Crippen LogP contribution in [0.5, 0.6) is 0 Å². The number of likely N-dealkylation sites (tertiary alicyclic amines) is 1. The SMILES string of the molecule is CCCCN1C(=O)[C@@H]([C@H](O)C2CCCCC2)NC(=O)C12CCN(Cc1ccc(C(=O)NCc3ccc(F)cc3)cc1)CC2. The highest BCUT2D eigenvalue weighted by atomic mass is 19.1.